The average molecular weight is 1400 g/mol. The molecular formula is C66H108O31. The van der Waals surface area contributed by atoms with Crippen molar-refractivity contribution in [3.63, 3.8) is 0 Å². The molecule has 31 nitrogen and oxygen atoms in total. The Balaban J connectivity index is 0.741. The van der Waals surface area contributed by atoms with Crippen molar-refractivity contribution in [1.29, 1.82) is 0 Å². The molecule has 0 aromatic carbocycles. The zero-order valence-corrected chi connectivity index (χ0v) is 56.5. The first-order chi connectivity index (χ1) is 45.4. The van der Waals surface area contributed by atoms with Crippen molar-refractivity contribution < 1.29 is 154 Å². The minimum atomic E-state index is -1.97. The second-order valence-corrected chi connectivity index (χ2v) is 31.9. The molecule has 0 bridgehead atoms. The molecule has 5 aliphatic carbocycles. The van der Waals surface area contributed by atoms with E-state index in [9.17, 15) is 91.9 Å². The van der Waals surface area contributed by atoms with Crippen LogP contribution in [0.5, 0.6) is 0 Å². The second kappa shape index (κ2) is 28.5. The van der Waals surface area contributed by atoms with Crippen LogP contribution >= 0.6 is 0 Å². The van der Waals surface area contributed by atoms with Gasteiger partial charge in [0.05, 0.1) is 50.2 Å². The fourth-order valence-electron chi connectivity index (χ4n) is 19.3. The lowest BCUT2D eigenvalue weighted by atomic mass is 9.33. The van der Waals surface area contributed by atoms with Gasteiger partial charge in [0.15, 0.2) is 31.5 Å². The molecule has 0 spiro atoms. The van der Waals surface area contributed by atoms with Crippen LogP contribution in [0, 0.1) is 50.2 Å². The van der Waals surface area contributed by atoms with Crippen LogP contribution < -0.4 is 0 Å². The lowest BCUT2D eigenvalue weighted by Gasteiger charge is -2.71. The van der Waals surface area contributed by atoms with Crippen LogP contribution in [0.25, 0.3) is 0 Å². The third kappa shape index (κ3) is 13.2. The fraction of sp³-hybridized carbons (Fsp3) is 0.955. The van der Waals surface area contributed by atoms with E-state index in [1.54, 1.807) is 0 Å². The molecule has 0 radical (unpaired) electrons. The number of hydrogen-bond acceptors (Lipinski definition) is 31. The zero-order chi connectivity index (χ0) is 70.9. The van der Waals surface area contributed by atoms with E-state index in [4.69, 9.17) is 56.8 Å². The molecule has 0 unspecified atom stereocenters. The largest absolute Gasteiger partial charge is 0.432 e. The van der Waals surface area contributed by atoms with Gasteiger partial charge in [0, 0.05) is 0 Å². The Morgan fingerprint density at radius 3 is 1.57 bits per heavy atom. The first kappa shape index (κ1) is 76.2. The van der Waals surface area contributed by atoms with Gasteiger partial charge in [-0.1, -0.05) is 60.1 Å². The molecule has 0 amide bonds. The van der Waals surface area contributed by atoms with Gasteiger partial charge in [0.1, 0.15) is 134 Å². The molecule has 31 heteroatoms. The summed E-state index contributed by atoms with van der Waals surface area (Å²) < 4.78 is 71.1. The lowest BCUT2D eigenvalue weighted by Crippen LogP contribution is -2.67. The molecule has 11 rings (SSSR count). The lowest BCUT2D eigenvalue weighted by molar-refractivity contribution is -0.375. The SMILES string of the molecule is C[C@@H]1O[C@@H](O[C@@H]2[C@@H](O)[C@H](C)O[C@@H](OC[C@H]3O[C@@H](O[C@H]4[C@H](O)[C@@H](O)[C@H](O[C@H]5CC[C@]6(C)[C@H]7CC=C8[C@@H]9CC(C)(C)CC[C@]9(C(=O)O[C@@H]9O[C@H](CO)[C@@H](O)[C@H](O[C@@H]%10O[C@H](CO)[C@@H](O)[C@H](O)[C@H]%10O)[C@H]9O)CC[C@@]8(C)[C@]7(C)CC[C@H]6C5(C)C)O[C@@H]4CO)[C@H](O)[C@@H](O)[C@H]3O)[C@@H]2O)[C@H](O)[C@H](O)[C@H]1O. The first-order valence-corrected chi connectivity index (χ1v) is 34.6. The Hall–Kier alpha value is -1.95. The molecule has 97 heavy (non-hydrogen) atoms. The Labute approximate surface area is 563 Å². The van der Waals surface area contributed by atoms with Crippen LogP contribution in [0.2, 0.25) is 0 Å². The summed E-state index contributed by atoms with van der Waals surface area (Å²) in [6.45, 7) is 15.6. The highest BCUT2D eigenvalue weighted by molar-refractivity contribution is 5.79. The number of rotatable bonds is 16. The highest BCUT2D eigenvalue weighted by Crippen LogP contribution is 2.76. The molecule has 6 aliphatic heterocycles. The summed E-state index contributed by atoms with van der Waals surface area (Å²) in [5.41, 5.74) is -1.56. The van der Waals surface area contributed by atoms with Crippen molar-refractivity contribution in [2.24, 2.45) is 50.2 Å². The van der Waals surface area contributed by atoms with Crippen molar-refractivity contribution in [3.8, 4) is 0 Å². The van der Waals surface area contributed by atoms with E-state index in [0.717, 1.165) is 12.8 Å². The van der Waals surface area contributed by atoms with Crippen LogP contribution in [0.15, 0.2) is 11.6 Å². The standard InChI is InChI=1S/C66H108O31/c1-25-36(70)41(75)45(79)55(88-25)95-52-37(71)26(2)87-54(49(52)83)86-24-32-39(73)43(77)47(81)58(92-32)94-51-31(23-69)91-56(48(82)44(51)78)93-35-13-14-63(7)33(62(35,5)6)12-15-65(9)34(63)11-10-27-28-20-61(3,4)16-18-66(28,19-17-64(27,65)8)60(85)97-59-50(84)53(40(74)30(22-68)90-59)96-57-46(80)42(76)38(72)29(21-67)89-57/h10,25-26,28-59,67-84H,11-24H2,1-9H3/t25-,26-,28-,29+,30+,31+,32+,33-,34+,35-,36-,37-,38+,39-,40+,41+,42-,43-,44+,45+,46+,47+,48+,49+,50+,51+,52+,53-,54+,55-,56-,57-,58-,59-,63-,64+,65+,66-/m0/s1. The molecule has 6 saturated heterocycles. The molecule has 0 aromatic rings. The van der Waals surface area contributed by atoms with E-state index in [0.29, 0.717) is 51.4 Å². The number of fused-ring (bicyclic) bond motifs is 7. The van der Waals surface area contributed by atoms with Crippen LogP contribution in [0.4, 0.5) is 0 Å². The Morgan fingerprint density at radius 2 is 0.938 bits per heavy atom. The highest BCUT2D eigenvalue weighted by Gasteiger charge is 2.71. The number of aliphatic hydroxyl groups is 18. The number of esters is 1. The topological polar surface area (TPSA) is 492 Å². The summed E-state index contributed by atoms with van der Waals surface area (Å²) in [6.07, 6.45) is -41.4. The minimum absolute atomic E-state index is 0.0648. The van der Waals surface area contributed by atoms with E-state index < -0.39 is 239 Å². The Kier molecular flexibility index (Phi) is 22.4. The quantitative estimate of drug-likeness (QED) is 0.0395. The molecule has 11 aliphatic rings. The van der Waals surface area contributed by atoms with Gasteiger partial charge in [-0.25, -0.2) is 0 Å². The molecule has 558 valence electrons. The summed E-state index contributed by atoms with van der Waals surface area (Å²) >= 11 is 0. The number of hydrogen-bond donors (Lipinski definition) is 18. The summed E-state index contributed by atoms with van der Waals surface area (Å²) in [4.78, 5) is 15.3. The summed E-state index contributed by atoms with van der Waals surface area (Å²) in [6, 6.07) is 0. The van der Waals surface area contributed by atoms with E-state index in [-0.39, 0.29) is 34.0 Å². The van der Waals surface area contributed by atoms with E-state index in [1.807, 2.05) is 0 Å². The van der Waals surface area contributed by atoms with E-state index >= 15 is 4.79 Å². The maximum absolute atomic E-state index is 15.3. The third-order valence-electron chi connectivity index (χ3n) is 25.6. The number of carbonyl (C=O) groups is 1. The number of carbonyl (C=O) groups excluding carboxylic acids is 1. The van der Waals surface area contributed by atoms with Crippen molar-refractivity contribution >= 4 is 5.97 Å². The monoisotopic (exact) mass is 1400 g/mol. The number of aliphatic hydroxyl groups excluding tert-OH is 18. The van der Waals surface area contributed by atoms with Crippen molar-refractivity contribution in [2.45, 2.75) is 317 Å². The van der Waals surface area contributed by atoms with Crippen molar-refractivity contribution in [2.75, 3.05) is 26.4 Å². The predicted octanol–water partition coefficient (Wildman–Crippen LogP) is -4.33. The normalized spacial score (nSPS) is 54.5. The average Bonchev–Trinajstić information content (AvgIpc) is 0.675. The van der Waals surface area contributed by atoms with E-state index in [2.05, 4.69) is 54.5 Å². The Morgan fingerprint density at radius 1 is 0.454 bits per heavy atom. The van der Waals surface area contributed by atoms with Gasteiger partial charge in [-0.2, -0.15) is 0 Å². The molecule has 10 fully saturated rings. The van der Waals surface area contributed by atoms with Gasteiger partial charge >= 0.3 is 5.97 Å². The minimum Gasteiger partial charge on any atom is -0.432 e. The molecule has 0 aromatic heterocycles. The first-order valence-electron chi connectivity index (χ1n) is 34.6. The Bertz CT molecular complexity index is 2730. The summed E-state index contributed by atoms with van der Waals surface area (Å²) in [5.74, 6) is -0.682. The molecule has 38 atom stereocenters. The molecular weight excluding hydrogens is 1290 g/mol. The van der Waals surface area contributed by atoms with Gasteiger partial charge in [0.2, 0.25) is 6.29 Å². The maximum Gasteiger partial charge on any atom is 0.315 e. The molecule has 4 saturated carbocycles. The van der Waals surface area contributed by atoms with E-state index in [1.165, 1.54) is 19.4 Å². The predicted molar refractivity (Wildman–Crippen MR) is 325 cm³/mol. The van der Waals surface area contributed by atoms with Gasteiger partial charge in [-0.3, -0.25) is 4.79 Å². The maximum atomic E-state index is 15.3. The van der Waals surface area contributed by atoms with Crippen LogP contribution in [0.1, 0.15) is 127 Å². The molecule has 6 heterocycles. The third-order valence-corrected chi connectivity index (χ3v) is 25.6. The van der Waals surface area contributed by atoms with Crippen molar-refractivity contribution in [1.82, 2.24) is 0 Å². The van der Waals surface area contributed by atoms with Gasteiger partial charge in [-0.15, -0.1) is 0 Å². The van der Waals surface area contributed by atoms with Gasteiger partial charge < -0.3 is 149 Å². The zero-order valence-electron chi connectivity index (χ0n) is 56.5. The number of allylic oxidation sites excluding steroid dienone is 2. The van der Waals surface area contributed by atoms with Crippen LogP contribution in [-0.2, 0) is 61.6 Å². The summed E-state index contributed by atoms with van der Waals surface area (Å²) in [5, 5.41) is 196. The fourth-order valence-corrected chi connectivity index (χ4v) is 19.3. The summed E-state index contributed by atoms with van der Waals surface area (Å²) in [7, 11) is 0. The van der Waals surface area contributed by atoms with Gasteiger partial charge in [-0.05, 0) is 123 Å². The van der Waals surface area contributed by atoms with Crippen molar-refractivity contribution in [3.05, 3.63) is 11.6 Å². The number of ether oxygens (including phenoxy) is 12. The molecule has 18 N–H and O–H groups in total. The van der Waals surface area contributed by atoms with Crippen LogP contribution in [0.3, 0.4) is 0 Å². The smallest absolute Gasteiger partial charge is 0.315 e. The van der Waals surface area contributed by atoms with Crippen LogP contribution in [-0.4, -0.2) is 315 Å². The van der Waals surface area contributed by atoms with Gasteiger partial charge in [0.25, 0.3) is 0 Å². The second-order valence-electron chi connectivity index (χ2n) is 31.9. The highest BCUT2D eigenvalue weighted by atomic mass is 16.8.